The molecule has 98 valence electrons. The number of piperidine rings is 1. The van der Waals surface area contributed by atoms with Crippen LogP contribution in [0.1, 0.15) is 28.8 Å². The second-order valence-corrected chi connectivity index (χ2v) is 4.97. The molecule has 2 rings (SSSR count). The summed E-state index contributed by atoms with van der Waals surface area (Å²) in [5.41, 5.74) is 6.74. The van der Waals surface area contributed by atoms with Gasteiger partial charge in [0, 0.05) is 18.7 Å². The van der Waals surface area contributed by atoms with Gasteiger partial charge in [-0.2, -0.15) is 0 Å². The zero-order valence-electron chi connectivity index (χ0n) is 11.0. The maximum atomic E-state index is 11.1. The molecule has 1 saturated heterocycles. The van der Waals surface area contributed by atoms with Gasteiger partial charge in [-0.1, -0.05) is 0 Å². The summed E-state index contributed by atoms with van der Waals surface area (Å²) in [5.74, 6) is 0.457. The van der Waals surface area contributed by atoms with Crippen molar-refractivity contribution >= 4 is 5.91 Å². The summed E-state index contributed by atoms with van der Waals surface area (Å²) in [6, 6.07) is 5.35. The molecule has 0 atom stereocenters. The van der Waals surface area contributed by atoms with E-state index < -0.39 is 5.91 Å². The maximum Gasteiger partial charge on any atom is 0.248 e. The highest BCUT2D eigenvalue weighted by atomic mass is 16.5. The first kappa shape index (κ1) is 12.9. The van der Waals surface area contributed by atoms with Crippen molar-refractivity contribution in [3.63, 3.8) is 0 Å². The summed E-state index contributed by atoms with van der Waals surface area (Å²) in [4.78, 5) is 13.4. The molecule has 0 spiro atoms. The third kappa shape index (κ3) is 3.01. The fourth-order valence-corrected chi connectivity index (χ4v) is 2.22. The van der Waals surface area contributed by atoms with Crippen molar-refractivity contribution in [1.82, 2.24) is 4.90 Å². The van der Waals surface area contributed by atoms with E-state index in [1.807, 2.05) is 13.0 Å². The van der Waals surface area contributed by atoms with Gasteiger partial charge in [-0.3, -0.25) is 4.79 Å². The average molecular weight is 248 g/mol. The molecule has 1 aliphatic heterocycles. The van der Waals surface area contributed by atoms with Crippen molar-refractivity contribution in [3.8, 4) is 5.75 Å². The van der Waals surface area contributed by atoms with Crippen molar-refractivity contribution in [2.24, 2.45) is 5.73 Å². The summed E-state index contributed by atoms with van der Waals surface area (Å²) in [7, 11) is 2.13. The highest BCUT2D eigenvalue weighted by Crippen LogP contribution is 2.23. The number of hydrogen-bond donors (Lipinski definition) is 1. The SMILES string of the molecule is Cc1cc(C(N)=O)ccc1OC1CCN(C)CC1. The van der Waals surface area contributed by atoms with Crippen LogP contribution in [-0.4, -0.2) is 37.0 Å². The van der Waals surface area contributed by atoms with Crippen LogP contribution in [0.4, 0.5) is 0 Å². The van der Waals surface area contributed by atoms with Crippen LogP contribution in [0, 0.1) is 6.92 Å². The summed E-state index contributed by atoms with van der Waals surface area (Å²) < 4.78 is 5.99. The van der Waals surface area contributed by atoms with E-state index in [2.05, 4.69) is 11.9 Å². The average Bonchev–Trinajstić information content (AvgIpc) is 2.34. The molecule has 1 amide bonds. The molecule has 0 unspecified atom stereocenters. The lowest BCUT2D eigenvalue weighted by atomic mass is 10.1. The van der Waals surface area contributed by atoms with Gasteiger partial charge in [0.1, 0.15) is 11.9 Å². The number of likely N-dealkylation sites (tertiary alicyclic amines) is 1. The Balaban J connectivity index is 2.03. The normalized spacial score (nSPS) is 17.7. The number of rotatable bonds is 3. The molecule has 0 radical (unpaired) electrons. The first-order valence-corrected chi connectivity index (χ1v) is 6.32. The fourth-order valence-electron chi connectivity index (χ4n) is 2.22. The van der Waals surface area contributed by atoms with Crippen molar-refractivity contribution in [2.45, 2.75) is 25.9 Å². The number of primary amides is 1. The van der Waals surface area contributed by atoms with Crippen LogP contribution in [0.2, 0.25) is 0 Å². The Morgan fingerprint density at radius 3 is 2.61 bits per heavy atom. The van der Waals surface area contributed by atoms with Gasteiger partial charge >= 0.3 is 0 Å². The second kappa shape index (κ2) is 5.40. The van der Waals surface area contributed by atoms with Crippen molar-refractivity contribution in [3.05, 3.63) is 29.3 Å². The maximum absolute atomic E-state index is 11.1. The van der Waals surface area contributed by atoms with Crippen LogP contribution in [0.25, 0.3) is 0 Å². The van der Waals surface area contributed by atoms with E-state index in [1.165, 1.54) is 0 Å². The minimum absolute atomic E-state index is 0.277. The Kier molecular flexibility index (Phi) is 3.87. The zero-order valence-corrected chi connectivity index (χ0v) is 11.0. The number of ether oxygens (including phenoxy) is 1. The summed E-state index contributed by atoms with van der Waals surface area (Å²) in [6.07, 6.45) is 2.38. The van der Waals surface area contributed by atoms with E-state index in [-0.39, 0.29) is 6.10 Å². The molecular formula is C14H20N2O2. The number of nitrogens with zero attached hydrogens (tertiary/aromatic N) is 1. The van der Waals surface area contributed by atoms with Crippen molar-refractivity contribution in [2.75, 3.05) is 20.1 Å². The molecule has 1 aliphatic rings. The predicted octanol–water partition coefficient (Wildman–Crippen LogP) is 1.57. The van der Waals surface area contributed by atoms with Crippen LogP contribution in [0.15, 0.2) is 18.2 Å². The number of aryl methyl sites for hydroxylation is 1. The molecule has 0 aromatic heterocycles. The van der Waals surface area contributed by atoms with E-state index in [9.17, 15) is 4.79 Å². The molecule has 2 N–H and O–H groups in total. The molecule has 0 bridgehead atoms. The lowest BCUT2D eigenvalue weighted by Gasteiger charge is -2.29. The van der Waals surface area contributed by atoms with Crippen LogP contribution in [0.5, 0.6) is 5.75 Å². The highest BCUT2D eigenvalue weighted by molar-refractivity contribution is 5.93. The molecule has 1 aromatic carbocycles. The van der Waals surface area contributed by atoms with Gasteiger partial charge in [0.15, 0.2) is 0 Å². The number of hydrogen-bond acceptors (Lipinski definition) is 3. The molecular weight excluding hydrogens is 228 g/mol. The first-order chi connectivity index (χ1) is 8.56. The first-order valence-electron chi connectivity index (χ1n) is 6.32. The van der Waals surface area contributed by atoms with E-state index in [0.29, 0.717) is 5.56 Å². The highest BCUT2D eigenvalue weighted by Gasteiger charge is 2.18. The molecule has 4 nitrogen and oxygen atoms in total. The van der Waals surface area contributed by atoms with Crippen LogP contribution < -0.4 is 10.5 Å². The molecule has 18 heavy (non-hydrogen) atoms. The number of carbonyl (C=O) groups is 1. The Morgan fingerprint density at radius 2 is 2.06 bits per heavy atom. The van der Waals surface area contributed by atoms with Crippen LogP contribution >= 0.6 is 0 Å². The molecule has 1 heterocycles. The molecule has 0 saturated carbocycles. The Hall–Kier alpha value is -1.55. The quantitative estimate of drug-likeness (QED) is 0.883. The smallest absolute Gasteiger partial charge is 0.248 e. The number of nitrogens with two attached hydrogens (primary N) is 1. The van der Waals surface area contributed by atoms with E-state index in [0.717, 1.165) is 37.2 Å². The largest absolute Gasteiger partial charge is 0.490 e. The third-order valence-corrected chi connectivity index (χ3v) is 3.42. The van der Waals surface area contributed by atoms with Gasteiger partial charge in [0.25, 0.3) is 0 Å². The summed E-state index contributed by atoms with van der Waals surface area (Å²) in [5, 5.41) is 0. The lowest BCUT2D eigenvalue weighted by Crippen LogP contribution is -2.35. The number of benzene rings is 1. The molecule has 4 heteroatoms. The Morgan fingerprint density at radius 1 is 1.39 bits per heavy atom. The van der Waals surface area contributed by atoms with Crippen LogP contribution in [-0.2, 0) is 0 Å². The molecule has 1 fully saturated rings. The topological polar surface area (TPSA) is 55.6 Å². The second-order valence-electron chi connectivity index (χ2n) is 4.97. The summed E-state index contributed by atoms with van der Waals surface area (Å²) in [6.45, 7) is 4.09. The number of carbonyl (C=O) groups excluding carboxylic acids is 1. The predicted molar refractivity (Wildman–Crippen MR) is 70.8 cm³/mol. The Bertz CT molecular complexity index is 437. The van der Waals surface area contributed by atoms with Gasteiger partial charge in [-0.15, -0.1) is 0 Å². The fraction of sp³-hybridized carbons (Fsp3) is 0.500. The van der Waals surface area contributed by atoms with Crippen molar-refractivity contribution < 1.29 is 9.53 Å². The van der Waals surface area contributed by atoms with Crippen LogP contribution in [0.3, 0.4) is 0 Å². The van der Waals surface area contributed by atoms with E-state index in [1.54, 1.807) is 12.1 Å². The van der Waals surface area contributed by atoms with Gasteiger partial charge < -0.3 is 15.4 Å². The minimum Gasteiger partial charge on any atom is -0.490 e. The standard InChI is InChI=1S/C14H20N2O2/c1-10-9-11(14(15)17)3-4-13(10)18-12-5-7-16(2)8-6-12/h3-4,9,12H,5-8H2,1-2H3,(H2,15,17). The van der Waals surface area contributed by atoms with Crippen molar-refractivity contribution in [1.29, 1.82) is 0 Å². The zero-order chi connectivity index (χ0) is 13.1. The van der Waals surface area contributed by atoms with Gasteiger partial charge in [-0.05, 0) is 50.6 Å². The monoisotopic (exact) mass is 248 g/mol. The molecule has 0 aliphatic carbocycles. The van der Waals surface area contributed by atoms with E-state index >= 15 is 0 Å². The Labute approximate surface area is 108 Å². The summed E-state index contributed by atoms with van der Waals surface area (Å²) >= 11 is 0. The van der Waals surface area contributed by atoms with E-state index in [4.69, 9.17) is 10.5 Å². The van der Waals surface area contributed by atoms with Gasteiger partial charge in [-0.25, -0.2) is 0 Å². The van der Waals surface area contributed by atoms with Gasteiger partial charge in [0.2, 0.25) is 5.91 Å². The minimum atomic E-state index is -0.399. The third-order valence-electron chi connectivity index (χ3n) is 3.42. The molecule has 1 aromatic rings. The number of amides is 1. The lowest BCUT2D eigenvalue weighted by molar-refractivity contribution is 0.0999. The van der Waals surface area contributed by atoms with Gasteiger partial charge in [0.05, 0.1) is 0 Å².